The Labute approximate surface area is 160 Å². The van der Waals surface area contributed by atoms with Crippen molar-refractivity contribution in [2.24, 2.45) is 0 Å². The summed E-state index contributed by atoms with van der Waals surface area (Å²) in [6, 6.07) is 6.35. The Balaban J connectivity index is 1.73. The lowest BCUT2D eigenvalue weighted by atomic mass is 10.00. The van der Waals surface area contributed by atoms with Crippen LogP contribution in [0, 0.1) is 22.7 Å². The van der Waals surface area contributed by atoms with Crippen LogP contribution in [-0.2, 0) is 11.2 Å². The average molecular weight is 410 g/mol. The second kappa shape index (κ2) is 7.04. The Morgan fingerprint density at radius 2 is 2.04 bits per heavy atom. The number of hydrogen-bond donors (Lipinski definition) is 2. The van der Waals surface area contributed by atoms with E-state index in [0.29, 0.717) is 17.4 Å². The molecule has 3 aromatic rings. The van der Waals surface area contributed by atoms with Gasteiger partial charge in [0, 0.05) is 6.07 Å². The molecule has 1 aromatic heterocycles. The molecule has 0 amide bonds. The average Bonchev–Trinajstić information content (AvgIpc) is 3.07. The second-order valence-electron chi connectivity index (χ2n) is 6.34. The molecule has 2 N–H and O–H groups in total. The van der Waals surface area contributed by atoms with E-state index in [4.69, 9.17) is 9.84 Å². The van der Waals surface area contributed by atoms with Crippen LogP contribution >= 0.6 is 11.3 Å². The summed E-state index contributed by atoms with van der Waals surface area (Å²) in [6.45, 7) is 0. The summed E-state index contributed by atoms with van der Waals surface area (Å²) < 4.78 is 46.7. The van der Waals surface area contributed by atoms with Crippen molar-refractivity contribution >= 4 is 27.5 Å². The van der Waals surface area contributed by atoms with Crippen LogP contribution in [0.3, 0.4) is 0 Å². The zero-order valence-corrected chi connectivity index (χ0v) is 14.9. The minimum Gasteiger partial charge on any atom is -0.631 e. The van der Waals surface area contributed by atoms with Crippen LogP contribution in [-0.4, -0.2) is 22.3 Å². The van der Waals surface area contributed by atoms with Crippen molar-refractivity contribution in [2.45, 2.75) is 25.1 Å². The van der Waals surface area contributed by atoms with Gasteiger partial charge < -0.3 is 20.1 Å². The minimum absolute atomic E-state index is 0.00479. The van der Waals surface area contributed by atoms with E-state index in [1.54, 1.807) is 24.3 Å². The third-order valence-electron chi connectivity index (χ3n) is 4.52. The Kier molecular flexibility index (Phi) is 4.69. The molecule has 0 radical (unpaired) electrons. The molecule has 1 aliphatic heterocycles. The predicted octanol–water partition coefficient (Wildman–Crippen LogP) is 2.57. The zero-order chi connectivity index (χ0) is 20.0. The number of quaternary nitrogens is 1. The molecule has 28 heavy (non-hydrogen) atoms. The third kappa shape index (κ3) is 3.19. The van der Waals surface area contributed by atoms with Crippen molar-refractivity contribution in [3.63, 3.8) is 0 Å². The normalized spacial score (nSPS) is 21.4. The molecule has 0 bridgehead atoms. The van der Waals surface area contributed by atoms with Crippen molar-refractivity contribution in [3.8, 4) is 5.75 Å². The standard InChI is InChI=1S/C18H13F3N2O4S/c19-9-5-10(20)18-17(16(9)21)22-13(28-18)6-11-8-3-1-2-4-12(8)27-14(23(11)26)7-15(24)25/h1-5,11,14,23H,6-7H2,(H,24,25). The fourth-order valence-electron chi connectivity index (χ4n) is 3.27. The molecule has 6 nitrogen and oxygen atoms in total. The number of nitrogens with zero attached hydrogens (tertiary/aromatic N) is 1. The number of aliphatic carboxylic acids is 1. The number of halogens is 3. The van der Waals surface area contributed by atoms with Gasteiger partial charge in [-0.25, -0.2) is 18.2 Å². The van der Waals surface area contributed by atoms with Gasteiger partial charge in [0.05, 0.1) is 16.7 Å². The summed E-state index contributed by atoms with van der Waals surface area (Å²) in [5.41, 5.74) is 0.118. The number of nitrogens with one attached hydrogen (secondary N) is 1. The highest BCUT2D eigenvalue weighted by atomic mass is 32.1. The molecule has 0 saturated heterocycles. The Hall–Kier alpha value is -2.69. The number of hydroxylamine groups is 2. The fourth-order valence-corrected chi connectivity index (χ4v) is 4.28. The van der Waals surface area contributed by atoms with Crippen molar-refractivity contribution in [2.75, 3.05) is 0 Å². The first kappa shape index (κ1) is 18.7. The number of hydrogen-bond acceptors (Lipinski definition) is 5. The van der Waals surface area contributed by atoms with E-state index in [1.165, 1.54) is 0 Å². The number of ether oxygens (including phenoxy) is 1. The van der Waals surface area contributed by atoms with E-state index in [0.717, 1.165) is 11.3 Å². The van der Waals surface area contributed by atoms with E-state index in [-0.39, 0.29) is 16.1 Å². The van der Waals surface area contributed by atoms with Gasteiger partial charge in [0.15, 0.2) is 11.6 Å². The van der Waals surface area contributed by atoms with Crippen LogP contribution in [0.15, 0.2) is 30.3 Å². The molecule has 3 atom stereocenters. The van der Waals surface area contributed by atoms with Gasteiger partial charge in [-0.05, 0) is 12.1 Å². The van der Waals surface area contributed by atoms with Gasteiger partial charge in [0.25, 0.3) is 0 Å². The van der Waals surface area contributed by atoms with E-state index in [9.17, 15) is 23.2 Å². The zero-order valence-electron chi connectivity index (χ0n) is 14.1. The van der Waals surface area contributed by atoms with Crippen molar-refractivity contribution in [1.82, 2.24) is 4.98 Å². The van der Waals surface area contributed by atoms with Crippen LogP contribution in [0.1, 0.15) is 23.0 Å². The highest BCUT2D eigenvalue weighted by molar-refractivity contribution is 7.18. The number of benzene rings is 2. The molecule has 2 heterocycles. The van der Waals surface area contributed by atoms with Gasteiger partial charge in [-0.1, -0.05) is 12.1 Å². The van der Waals surface area contributed by atoms with E-state index in [2.05, 4.69) is 4.98 Å². The van der Waals surface area contributed by atoms with Gasteiger partial charge in [-0.15, -0.1) is 11.3 Å². The summed E-state index contributed by atoms with van der Waals surface area (Å²) in [5.74, 6) is -4.32. The highest BCUT2D eigenvalue weighted by Gasteiger charge is 2.37. The van der Waals surface area contributed by atoms with Crippen molar-refractivity contribution in [1.29, 1.82) is 0 Å². The number of carboxylic acid groups (broad SMARTS) is 1. The second-order valence-corrected chi connectivity index (χ2v) is 7.42. The van der Waals surface area contributed by atoms with Crippen LogP contribution in [0.4, 0.5) is 13.2 Å². The number of carbonyl (C=O) groups is 1. The molecule has 2 aromatic carbocycles. The number of aromatic nitrogens is 1. The first-order valence-corrected chi connectivity index (χ1v) is 9.10. The third-order valence-corrected chi connectivity index (χ3v) is 5.61. The summed E-state index contributed by atoms with van der Waals surface area (Å²) in [4.78, 5) is 15.0. The van der Waals surface area contributed by atoms with Gasteiger partial charge in [-0.3, -0.25) is 4.79 Å². The molecular weight excluding hydrogens is 397 g/mol. The van der Waals surface area contributed by atoms with E-state index < -0.39 is 52.7 Å². The molecule has 3 unspecified atom stereocenters. The van der Waals surface area contributed by atoms with Crippen LogP contribution in [0.2, 0.25) is 0 Å². The number of para-hydroxylation sites is 1. The molecule has 4 rings (SSSR count). The summed E-state index contributed by atoms with van der Waals surface area (Å²) in [7, 11) is 0. The lowest BCUT2D eigenvalue weighted by molar-refractivity contribution is -0.930. The van der Waals surface area contributed by atoms with Crippen LogP contribution < -0.4 is 9.80 Å². The Morgan fingerprint density at radius 3 is 2.79 bits per heavy atom. The van der Waals surface area contributed by atoms with E-state index in [1.807, 2.05) is 0 Å². The van der Waals surface area contributed by atoms with Gasteiger partial charge in [-0.2, -0.15) is 0 Å². The lowest BCUT2D eigenvalue weighted by Crippen LogP contribution is -3.13. The number of fused-ring (bicyclic) bond motifs is 2. The molecule has 0 fully saturated rings. The Bertz CT molecular complexity index is 1070. The molecular formula is C18H13F3N2O4S. The number of carboxylic acids is 1. The summed E-state index contributed by atoms with van der Waals surface area (Å²) in [5, 5.41) is 21.6. The van der Waals surface area contributed by atoms with Gasteiger partial charge >= 0.3 is 5.97 Å². The predicted molar refractivity (Wildman–Crippen MR) is 93.4 cm³/mol. The highest BCUT2D eigenvalue weighted by Crippen LogP contribution is 2.34. The summed E-state index contributed by atoms with van der Waals surface area (Å²) >= 11 is 0.830. The first-order valence-electron chi connectivity index (χ1n) is 8.29. The van der Waals surface area contributed by atoms with E-state index >= 15 is 0 Å². The maximum absolute atomic E-state index is 14.0. The smallest absolute Gasteiger partial charge is 0.313 e. The monoisotopic (exact) mass is 410 g/mol. The van der Waals surface area contributed by atoms with Crippen molar-refractivity contribution < 1.29 is 32.9 Å². The topological polar surface area (TPSA) is 86.9 Å². The maximum atomic E-state index is 14.0. The number of thiazole rings is 1. The number of rotatable bonds is 4. The largest absolute Gasteiger partial charge is 0.631 e. The van der Waals surface area contributed by atoms with Crippen molar-refractivity contribution in [3.05, 3.63) is 63.6 Å². The molecule has 1 aliphatic rings. The maximum Gasteiger partial charge on any atom is 0.313 e. The molecule has 0 spiro atoms. The van der Waals surface area contributed by atoms with Gasteiger partial charge in [0.1, 0.15) is 34.6 Å². The molecule has 146 valence electrons. The quantitative estimate of drug-likeness (QED) is 0.510. The SMILES string of the molecule is O=C(O)CC1Oc2ccccc2C(Cc2nc3c(F)c(F)cc(F)c3s2)[NH+]1[O-]. The van der Waals surface area contributed by atoms with Crippen LogP contribution in [0.25, 0.3) is 10.2 Å². The Morgan fingerprint density at radius 1 is 1.29 bits per heavy atom. The molecule has 10 heteroatoms. The van der Waals surface area contributed by atoms with Gasteiger partial charge in [0.2, 0.25) is 6.23 Å². The molecule has 0 aliphatic carbocycles. The minimum atomic E-state index is -1.34. The fraction of sp³-hybridized carbons (Fsp3) is 0.222. The van der Waals surface area contributed by atoms with Crippen LogP contribution in [0.5, 0.6) is 5.75 Å². The summed E-state index contributed by atoms with van der Waals surface area (Å²) in [6.07, 6.45) is -1.68. The molecule has 0 saturated carbocycles. The first-order chi connectivity index (χ1) is 13.3. The lowest BCUT2D eigenvalue weighted by Gasteiger charge is -2.41.